The van der Waals surface area contributed by atoms with Crippen LogP contribution in [0.1, 0.15) is 19.8 Å². The van der Waals surface area contributed by atoms with Crippen molar-refractivity contribution >= 4 is 27.6 Å². The summed E-state index contributed by atoms with van der Waals surface area (Å²) in [4.78, 5) is 11.7. The van der Waals surface area contributed by atoms with Gasteiger partial charge in [-0.15, -0.1) is 0 Å². The van der Waals surface area contributed by atoms with E-state index in [-0.39, 0.29) is 0 Å². The number of nitrogens with two attached hydrogens (primary N) is 1. The van der Waals surface area contributed by atoms with E-state index in [1.165, 1.54) is 5.69 Å². The van der Waals surface area contributed by atoms with Crippen LogP contribution in [0.15, 0.2) is 54.9 Å². The highest BCUT2D eigenvalue weighted by molar-refractivity contribution is 5.84. The van der Waals surface area contributed by atoms with Gasteiger partial charge in [-0.2, -0.15) is 0 Å². The van der Waals surface area contributed by atoms with Crippen molar-refractivity contribution in [2.45, 2.75) is 32.1 Å². The van der Waals surface area contributed by atoms with Crippen molar-refractivity contribution < 1.29 is 9.84 Å². The number of nitrogens with zero attached hydrogens (tertiary/aromatic N) is 4. The van der Waals surface area contributed by atoms with Crippen LogP contribution < -0.4 is 15.4 Å². The lowest BCUT2D eigenvalue weighted by molar-refractivity contribution is -0.000194. The minimum atomic E-state index is -0.863. The number of hydrogen-bond donors (Lipinski definition) is 2. The van der Waals surface area contributed by atoms with E-state index in [2.05, 4.69) is 34.1 Å². The second kappa shape index (κ2) is 7.59. The molecule has 1 aliphatic rings. The Morgan fingerprint density at radius 1 is 1.07 bits per heavy atom. The number of pyridine rings is 1. The first kappa shape index (κ1) is 18.8. The van der Waals surface area contributed by atoms with Gasteiger partial charge in [-0.05, 0) is 62.2 Å². The summed E-state index contributed by atoms with van der Waals surface area (Å²) in [5.41, 5.74) is 9.92. The largest absolute Gasteiger partial charge is 0.465 e. The number of aromatic nitrogens is 3. The minimum Gasteiger partial charge on any atom is -0.465 e. The van der Waals surface area contributed by atoms with Crippen LogP contribution >= 0.6 is 0 Å². The molecule has 30 heavy (non-hydrogen) atoms. The normalized spacial score (nSPS) is 16.3. The SMILES string of the molecule is CC(O)Oc1ccc2c(c1)ncn2-c1ccc2cc(N3CCC(N)CC3)ccc2n1. The molecule has 4 aromatic rings. The fraction of sp³-hybridized carbons (Fsp3) is 0.304. The summed E-state index contributed by atoms with van der Waals surface area (Å²) in [7, 11) is 0. The quantitative estimate of drug-likeness (QED) is 0.509. The topological polar surface area (TPSA) is 89.4 Å². The summed E-state index contributed by atoms with van der Waals surface area (Å²) in [6, 6.07) is 16.4. The molecular formula is C23H25N5O2. The molecule has 2 aromatic heterocycles. The monoisotopic (exact) mass is 403 g/mol. The molecule has 7 nitrogen and oxygen atoms in total. The van der Waals surface area contributed by atoms with Gasteiger partial charge in [-0.1, -0.05) is 0 Å². The first-order valence-electron chi connectivity index (χ1n) is 10.3. The number of ether oxygens (including phenoxy) is 1. The third kappa shape index (κ3) is 3.58. The number of hydrogen-bond acceptors (Lipinski definition) is 6. The molecule has 3 heterocycles. The Hall–Kier alpha value is -3.16. The van der Waals surface area contributed by atoms with Gasteiger partial charge < -0.3 is 20.5 Å². The van der Waals surface area contributed by atoms with E-state index in [9.17, 15) is 5.11 Å². The zero-order chi connectivity index (χ0) is 20.7. The molecule has 154 valence electrons. The van der Waals surface area contributed by atoms with Crippen LogP contribution in [0.25, 0.3) is 27.8 Å². The van der Waals surface area contributed by atoms with Crippen LogP contribution in [0.2, 0.25) is 0 Å². The Bertz CT molecular complexity index is 1190. The second-order valence-electron chi connectivity index (χ2n) is 7.85. The van der Waals surface area contributed by atoms with Gasteiger partial charge in [0, 0.05) is 36.3 Å². The van der Waals surface area contributed by atoms with Crippen molar-refractivity contribution in [3.8, 4) is 11.6 Å². The van der Waals surface area contributed by atoms with Gasteiger partial charge >= 0.3 is 0 Å². The lowest BCUT2D eigenvalue weighted by atomic mass is 10.0. The van der Waals surface area contributed by atoms with Crippen molar-refractivity contribution in [3.05, 3.63) is 54.9 Å². The van der Waals surface area contributed by atoms with Crippen molar-refractivity contribution in [3.63, 3.8) is 0 Å². The molecule has 0 amide bonds. The molecule has 0 aliphatic carbocycles. The molecule has 0 saturated carbocycles. The van der Waals surface area contributed by atoms with Crippen LogP contribution in [-0.4, -0.2) is 45.1 Å². The van der Waals surface area contributed by atoms with Crippen LogP contribution in [-0.2, 0) is 0 Å². The van der Waals surface area contributed by atoms with E-state index in [4.69, 9.17) is 15.5 Å². The third-order valence-corrected chi connectivity index (χ3v) is 5.64. The molecule has 0 bridgehead atoms. The number of imidazole rings is 1. The lowest BCUT2D eigenvalue weighted by Gasteiger charge is -2.32. The van der Waals surface area contributed by atoms with E-state index in [0.717, 1.165) is 53.7 Å². The van der Waals surface area contributed by atoms with Crippen LogP contribution in [0.5, 0.6) is 5.75 Å². The van der Waals surface area contributed by atoms with Crippen LogP contribution in [0.3, 0.4) is 0 Å². The first-order valence-corrected chi connectivity index (χ1v) is 10.3. The number of piperidine rings is 1. The molecule has 1 fully saturated rings. The fourth-order valence-corrected chi connectivity index (χ4v) is 4.04. The van der Waals surface area contributed by atoms with E-state index in [1.807, 2.05) is 28.8 Å². The molecular weight excluding hydrogens is 378 g/mol. The summed E-state index contributed by atoms with van der Waals surface area (Å²) in [6.07, 6.45) is 2.97. The third-order valence-electron chi connectivity index (χ3n) is 5.64. The van der Waals surface area contributed by atoms with E-state index >= 15 is 0 Å². The summed E-state index contributed by atoms with van der Waals surface area (Å²) in [6.45, 7) is 3.58. The van der Waals surface area contributed by atoms with Gasteiger partial charge in [0.25, 0.3) is 0 Å². The molecule has 0 radical (unpaired) electrons. The second-order valence-corrected chi connectivity index (χ2v) is 7.85. The maximum Gasteiger partial charge on any atom is 0.194 e. The molecule has 5 rings (SSSR count). The predicted octanol–water partition coefficient (Wildman–Crippen LogP) is 3.22. The minimum absolute atomic E-state index is 0.325. The molecule has 1 saturated heterocycles. The number of anilines is 1. The first-order chi connectivity index (χ1) is 14.6. The molecule has 0 spiro atoms. The van der Waals surface area contributed by atoms with Gasteiger partial charge in [0.2, 0.25) is 0 Å². The summed E-state index contributed by atoms with van der Waals surface area (Å²) < 4.78 is 7.30. The summed E-state index contributed by atoms with van der Waals surface area (Å²) in [5.74, 6) is 1.39. The summed E-state index contributed by atoms with van der Waals surface area (Å²) in [5, 5.41) is 10.5. The number of aliphatic hydroxyl groups is 1. The Balaban J connectivity index is 1.45. The van der Waals surface area contributed by atoms with Gasteiger partial charge in [0.05, 0.1) is 16.6 Å². The Morgan fingerprint density at radius 3 is 2.70 bits per heavy atom. The average Bonchev–Trinajstić information content (AvgIpc) is 3.16. The Labute approximate surface area is 174 Å². The zero-order valence-corrected chi connectivity index (χ0v) is 16.9. The number of benzene rings is 2. The van der Waals surface area contributed by atoms with Crippen LogP contribution in [0, 0.1) is 0 Å². The number of aliphatic hydroxyl groups excluding tert-OH is 1. The van der Waals surface area contributed by atoms with E-state index < -0.39 is 6.29 Å². The fourth-order valence-electron chi connectivity index (χ4n) is 4.04. The molecule has 3 N–H and O–H groups in total. The zero-order valence-electron chi connectivity index (χ0n) is 16.9. The van der Waals surface area contributed by atoms with E-state index in [0.29, 0.717) is 11.8 Å². The van der Waals surface area contributed by atoms with E-state index in [1.54, 1.807) is 13.3 Å². The maximum atomic E-state index is 9.41. The average molecular weight is 403 g/mol. The standard InChI is InChI=1S/C23H25N5O2/c1-15(29)30-19-4-6-22-21(13-19)25-14-28(22)23-7-2-16-12-18(3-5-20(16)26-23)27-10-8-17(24)9-11-27/h2-7,12-15,17,29H,8-11,24H2,1H3. The smallest absolute Gasteiger partial charge is 0.194 e. The molecule has 1 unspecified atom stereocenters. The molecule has 1 aliphatic heterocycles. The van der Waals surface area contributed by atoms with Crippen molar-refractivity contribution in [1.82, 2.24) is 14.5 Å². The summed E-state index contributed by atoms with van der Waals surface area (Å²) >= 11 is 0. The lowest BCUT2D eigenvalue weighted by Crippen LogP contribution is -2.39. The maximum absolute atomic E-state index is 9.41. The molecule has 2 aromatic carbocycles. The van der Waals surface area contributed by atoms with Gasteiger partial charge in [-0.3, -0.25) is 4.57 Å². The van der Waals surface area contributed by atoms with Crippen molar-refractivity contribution in [2.24, 2.45) is 5.73 Å². The Kier molecular flexibility index (Phi) is 4.77. The van der Waals surface area contributed by atoms with Gasteiger partial charge in [-0.25, -0.2) is 9.97 Å². The van der Waals surface area contributed by atoms with Crippen molar-refractivity contribution in [1.29, 1.82) is 0 Å². The Morgan fingerprint density at radius 2 is 1.90 bits per heavy atom. The van der Waals surface area contributed by atoms with Gasteiger partial charge in [0.15, 0.2) is 6.29 Å². The van der Waals surface area contributed by atoms with Crippen molar-refractivity contribution in [2.75, 3.05) is 18.0 Å². The van der Waals surface area contributed by atoms with Gasteiger partial charge in [0.1, 0.15) is 17.9 Å². The number of fused-ring (bicyclic) bond motifs is 2. The number of rotatable bonds is 4. The highest BCUT2D eigenvalue weighted by Gasteiger charge is 2.17. The predicted molar refractivity (Wildman–Crippen MR) is 118 cm³/mol. The molecule has 7 heteroatoms. The highest BCUT2D eigenvalue weighted by atomic mass is 16.6. The van der Waals surface area contributed by atoms with Crippen LogP contribution in [0.4, 0.5) is 5.69 Å². The highest BCUT2D eigenvalue weighted by Crippen LogP contribution is 2.27. The molecule has 1 atom stereocenters.